The maximum atomic E-state index is 14.2. The molecule has 17 atom stereocenters. The van der Waals surface area contributed by atoms with Crippen LogP contribution >= 0.6 is 0 Å². The van der Waals surface area contributed by atoms with Crippen molar-refractivity contribution in [2.45, 2.75) is 166 Å². The summed E-state index contributed by atoms with van der Waals surface area (Å²) in [6.45, 7) is 10.7. The zero-order chi connectivity index (χ0) is 46.5. The molecule has 0 bridgehead atoms. The maximum absolute atomic E-state index is 14.2. The molecule has 5 N–H and O–H groups in total. The molecule has 5 fully saturated rings. The Balaban J connectivity index is 1.18. The molecule has 3 saturated carbocycles. The van der Waals surface area contributed by atoms with Gasteiger partial charge in [0.15, 0.2) is 36.3 Å². The van der Waals surface area contributed by atoms with E-state index in [1.165, 1.54) is 44.9 Å². The Labute approximate surface area is 375 Å². The summed E-state index contributed by atoms with van der Waals surface area (Å²) in [5.74, 6) is -1.32. The molecule has 2 heterocycles. The summed E-state index contributed by atoms with van der Waals surface area (Å²) in [7, 11) is 2.84. The van der Waals surface area contributed by atoms with Crippen LogP contribution in [0.25, 0.3) is 0 Å². The summed E-state index contributed by atoms with van der Waals surface area (Å²) in [4.78, 5) is 40.5. The number of allylic oxidation sites excluding steroid dienone is 1. The highest BCUT2D eigenvalue weighted by Gasteiger charge is 2.70. The van der Waals surface area contributed by atoms with Crippen molar-refractivity contribution in [2.75, 3.05) is 27.4 Å². The summed E-state index contributed by atoms with van der Waals surface area (Å²) in [5.41, 5.74) is -1.21. The number of hydrogen-bond donors (Lipinski definition) is 5. The van der Waals surface area contributed by atoms with Gasteiger partial charge in [-0.25, -0.2) is 4.79 Å². The molecule has 4 aliphatic carbocycles. The number of aliphatic hydroxyl groups is 5. The summed E-state index contributed by atoms with van der Waals surface area (Å²) < 4.78 is 47.2. The molecule has 0 aromatic heterocycles. The third kappa shape index (κ3) is 8.88. The van der Waals surface area contributed by atoms with E-state index in [1.54, 1.807) is 6.92 Å². The number of carbonyl (C=O) groups excluding carboxylic acids is 3. The van der Waals surface area contributed by atoms with Gasteiger partial charge in [-0.2, -0.15) is 0 Å². The molecule has 16 heteroatoms. The van der Waals surface area contributed by atoms with E-state index in [9.17, 15) is 39.9 Å². The van der Waals surface area contributed by atoms with Crippen LogP contribution in [0.1, 0.15) is 110 Å². The SMILES string of the molecule is COc1ccc(C(=O)O[C@H]2[C@H](O[C@@H]3[C@@H](OC(C)=O)[C@@H](O[C@H]4C[C@H]5[C@@H]6CC=C7C[C@@H](O)CC[C@]7(C)[C@H]6CC[C@]5(C)[C@@]4(O)[C@H](C)C(=O)CCC(C)C)OC[C@@H]3O)OC[C@@H](O)[C@@H]2O)cc1OC. The zero-order valence-electron chi connectivity index (χ0n) is 38.5. The van der Waals surface area contributed by atoms with Crippen LogP contribution in [0.5, 0.6) is 11.5 Å². The van der Waals surface area contributed by atoms with Crippen molar-refractivity contribution in [1.29, 1.82) is 0 Å². The van der Waals surface area contributed by atoms with Crippen molar-refractivity contribution in [2.24, 2.45) is 40.4 Å². The van der Waals surface area contributed by atoms with Crippen LogP contribution in [-0.4, -0.2) is 138 Å². The Morgan fingerprint density at radius 2 is 1.53 bits per heavy atom. The number of methoxy groups -OCH3 is 2. The van der Waals surface area contributed by atoms with E-state index in [-0.39, 0.29) is 59.4 Å². The third-order valence-electron chi connectivity index (χ3n) is 16.0. The van der Waals surface area contributed by atoms with E-state index < -0.39 is 90.8 Å². The highest BCUT2D eigenvalue weighted by Crippen LogP contribution is 2.69. The molecule has 6 aliphatic rings. The second-order valence-electron chi connectivity index (χ2n) is 20.1. The van der Waals surface area contributed by atoms with Crippen LogP contribution < -0.4 is 9.47 Å². The van der Waals surface area contributed by atoms with E-state index in [0.29, 0.717) is 37.4 Å². The molecule has 64 heavy (non-hydrogen) atoms. The van der Waals surface area contributed by atoms with Crippen molar-refractivity contribution in [3.63, 3.8) is 0 Å². The van der Waals surface area contributed by atoms with Gasteiger partial charge >= 0.3 is 11.9 Å². The molecule has 0 radical (unpaired) electrons. The molecule has 16 nitrogen and oxygen atoms in total. The van der Waals surface area contributed by atoms with Crippen LogP contribution in [0.3, 0.4) is 0 Å². The number of benzene rings is 1. The average Bonchev–Trinajstić information content (AvgIpc) is 3.49. The summed E-state index contributed by atoms with van der Waals surface area (Å²) in [6, 6.07) is 4.31. The smallest absolute Gasteiger partial charge is 0.338 e. The molecule has 1 aromatic rings. The minimum absolute atomic E-state index is 0.0268. The lowest BCUT2D eigenvalue weighted by atomic mass is 9.46. The predicted octanol–water partition coefficient (Wildman–Crippen LogP) is 4.03. The monoisotopic (exact) mass is 902 g/mol. The first kappa shape index (κ1) is 48.7. The van der Waals surface area contributed by atoms with Crippen LogP contribution in [0, 0.1) is 40.4 Å². The predicted molar refractivity (Wildman–Crippen MR) is 228 cm³/mol. The number of rotatable bonds is 14. The molecule has 2 aliphatic heterocycles. The van der Waals surface area contributed by atoms with Crippen LogP contribution in [0.2, 0.25) is 0 Å². The Morgan fingerprint density at radius 1 is 0.844 bits per heavy atom. The highest BCUT2D eigenvalue weighted by molar-refractivity contribution is 5.90. The zero-order valence-corrected chi connectivity index (χ0v) is 38.5. The second-order valence-corrected chi connectivity index (χ2v) is 20.1. The Bertz CT molecular complexity index is 1890. The van der Waals surface area contributed by atoms with Crippen LogP contribution in [0.15, 0.2) is 29.8 Å². The molecular formula is C48H70O16. The Hall–Kier alpha value is -3.19. The molecule has 0 unspecified atom stereocenters. The molecule has 0 amide bonds. The lowest BCUT2D eigenvalue weighted by Gasteiger charge is -2.59. The van der Waals surface area contributed by atoms with E-state index in [1.807, 2.05) is 0 Å². The summed E-state index contributed by atoms with van der Waals surface area (Å²) >= 11 is 0. The number of ether oxygens (including phenoxy) is 8. The molecule has 358 valence electrons. The molecular weight excluding hydrogens is 833 g/mol. The van der Waals surface area contributed by atoms with Crippen molar-refractivity contribution < 1.29 is 77.8 Å². The lowest BCUT2D eigenvalue weighted by molar-refractivity contribution is -0.345. The minimum Gasteiger partial charge on any atom is -0.493 e. The molecule has 1 aromatic carbocycles. The first-order chi connectivity index (χ1) is 30.3. The van der Waals surface area contributed by atoms with Crippen LogP contribution in [-0.2, 0) is 38.0 Å². The van der Waals surface area contributed by atoms with Gasteiger partial charge in [0, 0.05) is 24.7 Å². The third-order valence-corrected chi connectivity index (χ3v) is 16.0. The van der Waals surface area contributed by atoms with Gasteiger partial charge in [-0.1, -0.05) is 46.3 Å². The number of fused-ring (bicyclic) bond motifs is 5. The van der Waals surface area contributed by atoms with Crippen molar-refractivity contribution in [3.8, 4) is 11.5 Å². The number of Topliss-reactive ketones (excluding diaryl/α,β-unsaturated/α-hetero) is 1. The fourth-order valence-corrected chi connectivity index (χ4v) is 12.3. The number of aliphatic hydroxyl groups excluding tert-OH is 4. The molecule has 2 saturated heterocycles. The molecule has 7 rings (SSSR count). The molecule has 0 spiro atoms. The number of hydrogen-bond acceptors (Lipinski definition) is 16. The van der Waals surface area contributed by atoms with Gasteiger partial charge in [-0.3, -0.25) is 9.59 Å². The summed E-state index contributed by atoms with van der Waals surface area (Å²) in [5, 5.41) is 57.3. The average molecular weight is 903 g/mol. The van der Waals surface area contributed by atoms with Gasteiger partial charge in [0.25, 0.3) is 0 Å². The second kappa shape index (κ2) is 19.2. The van der Waals surface area contributed by atoms with E-state index in [2.05, 4.69) is 33.8 Å². The number of carbonyl (C=O) groups is 3. The normalized spacial score (nSPS) is 41.2. The maximum Gasteiger partial charge on any atom is 0.338 e. The van der Waals surface area contributed by atoms with Gasteiger partial charge < -0.3 is 63.4 Å². The van der Waals surface area contributed by atoms with E-state index in [4.69, 9.17) is 37.9 Å². The van der Waals surface area contributed by atoms with Gasteiger partial charge in [-0.05, 0) is 98.7 Å². The topological polar surface area (TPSA) is 226 Å². The van der Waals surface area contributed by atoms with E-state index >= 15 is 0 Å². The fourth-order valence-electron chi connectivity index (χ4n) is 12.3. The van der Waals surface area contributed by atoms with Crippen molar-refractivity contribution in [1.82, 2.24) is 0 Å². The summed E-state index contributed by atoms with van der Waals surface area (Å²) in [6.07, 6.45) is -5.42. The lowest BCUT2D eigenvalue weighted by Crippen LogP contribution is -2.64. The number of esters is 2. The Kier molecular flexibility index (Phi) is 14.6. The largest absolute Gasteiger partial charge is 0.493 e. The van der Waals surface area contributed by atoms with Crippen LogP contribution in [0.4, 0.5) is 0 Å². The standard InChI is InChI=1S/C48H70O16/c1-24(2)9-13-33(51)25(3)48(56)38(21-32-30-12-11-28-20-29(50)15-17-46(28,5)31(30)16-18-47(32,48)6)62-45-42(61-26(4)49)40(35(53)23-60-45)64-44-41(39(54)34(52)22-59-44)63-43(55)27-10-14-36(57-7)37(19-27)58-8/h10-11,14,19,24-25,29-32,34-35,38-42,44-45,50,52-54,56H,9,12-13,15-18,20-23H2,1-8H3/t25-,29+,30-,31+,32+,34-,35+,38+,39+,40+,41-,42-,44+,45-,46+,47+,48-/m1/s1. The minimum atomic E-state index is -1.69. The van der Waals surface area contributed by atoms with Crippen molar-refractivity contribution >= 4 is 17.7 Å². The van der Waals surface area contributed by atoms with Gasteiger partial charge in [-0.15, -0.1) is 0 Å². The Morgan fingerprint density at radius 3 is 2.20 bits per heavy atom. The van der Waals surface area contributed by atoms with Gasteiger partial charge in [0.05, 0.1) is 45.2 Å². The quantitative estimate of drug-likeness (QED) is 0.131. The van der Waals surface area contributed by atoms with Crippen molar-refractivity contribution in [3.05, 3.63) is 35.4 Å². The fraction of sp³-hybridized carbons (Fsp3) is 0.771. The van der Waals surface area contributed by atoms with Gasteiger partial charge in [0.2, 0.25) is 0 Å². The van der Waals surface area contributed by atoms with E-state index in [0.717, 1.165) is 25.7 Å². The number of ketones is 1. The highest BCUT2D eigenvalue weighted by atomic mass is 16.8. The first-order valence-electron chi connectivity index (χ1n) is 23.1. The van der Waals surface area contributed by atoms with Gasteiger partial charge in [0.1, 0.15) is 35.8 Å². The first-order valence-corrected chi connectivity index (χ1v) is 23.1.